The molecule has 1 saturated carbocycles. The zero-order valence-corrected chi connectivity index (χ0v) is 13.9. The van der Waals surface area contributed by atoms with Gasteiger partial charge in [-0.05, 0) is 42.5 Å². The minimum atomic E-state index is -0.882. The molecule has 0 aromatic heterocycles. The molecule has 0 heterocycles. The predicted molar refractivity (Wildman–Crippen MR) is 90.9 cm³/mol. The van der Waals surface area contributed by atoms with Crippen molar-refractivity contribution in [2.24, 2.45) is 5.92 Å². The van der Waals surface area contributed by atoms with Gasteiger partial charge in [-0.25, -0.2) is 0 Å². The van der Waals surface area contributed by atoms with Crippen molar-refractivity contribution in [2.75, 3.05) is 0 Å². The summed E-state index contributed by atoms with van der Waals surface area (Å²) >= 11 is 0. The lowest BCUT2D eigenvalue weighted by molar-refractivity contribution is -0.145. The summed E-state index contributed by atoms with van der Waals surface area (Å²) in [6, 6.07) is 5.71. The summed E-state index contributed by atoms with van der Waals surface area (Å²) in [4.78, 5) is 11.2. The standard InChI is InChI=1S/C18H23BO5/c1-3-13-6-12(10-23-11(2)19)4-5-17(13)24-16-8-14(18(21)22)7-15(20)9-16/h4-6,14-16,20H,2-3,7-10H2,1H3,(H,21,22). The number of carbonyl (C=O) groups is 1. The van der Waals surface area contributed by atoms with E-state index in [1.54, 1.807) is 0 Å². The lowest BCUT2D eigenvalue weighted by Crippen LogP contribution is -2.36. The average molecular weight is 330 g/mol. The number of aryl methyl sites for hydroxylation is 1. The van der Waals surface area contributed by atoms with Gasteiger partial charge in [0.2, 0.25) is 0 Å². The highest BCUT2D eigenvalue weighted by Crippen LogP contribution is 2.30. The van der Waals surface area contributed by atoms with E-state index in [9.17, 15) is 15.0 Å². The van der Waals surface area contributed by atoms with Crippen LogP contribution in [-0.4, -0.2) is 36.2 Å². The van der Waals surface area contributed by atoms with E-state index in [4.69, 9.17) is 17.3 Å². The Balaban J connectivity index is 2.08. The van der Waals surface area contributed by atoms with E-state index in [2.05, 4.69) is 6.58 Å². The van der Waals surface area contributed by atoms with Gasteiger partial charge < -0.3 is 19.7 Å². The summed E-state index contributed by atoms with van der Waals surface area (Å²) in [5, 5.41) is 19.1. The maximum atomic E-state index is 11.2. The largest absolute Gasteiger partial charge is 0.506 e. The molecule has 1 aromatic carbocycles. The molecule has 0 aliphatic heterocycles. The molecule has 0 amide bonds. The molecule has 2 radical (unpaired) electrons. The third kappa shape index (κ3) is 5.03. The van der Waals surface area contributed by atoms with Crippen molar-refractivity contribution in [3.8, 4) is 5.75 Å². The Hall–Kier alpha value is -1.95. The molecule has 1 aromatic rings. The van der Waals surface area contributed by atoms with Crippen LogP contribution in [0.5, 0.6) is 5.75 Å². The molecule has 1 aliphatic carbocycles. The van der Waals surface area contributed by atoms with Gasteiger partial charge >= 0.3 is 5.97 Å². The fourth-order valence-corrected chi connectivity index (χ4v) is 3.01. The van der Waals surface area contributed by atoms with Crippen molar-refractivity contribution in [1.82, 2.24) is 0 Å². The predicted octanol–water partition coefficient (Wildman–Crippen LogP) is 2.40. The molecule has 3 atom stereocenters. The molecule has 0 bridgehead atoms. The fraction of sp³-hybridized carbons (Fsp3) is 0.500. The van der Waals surface area contributed by atoms with Crippen LogP contribution in [0.25, 0.3) is 0 Å². The summed E-state index contributed by atoms with van der Waals surface area (Å²) in [5.74, 6) is -0.726. The number of aliphatic carboxylic acids is 1. The first-order chi connectivity index (χ1) is 11.4. The number of benzene rings is 1. The van der Waals surface area contributed by atoms with Crippen LogP contribution in [0.4, 0.5) is 0 Å². The molecule has 128 valence electrons. The Morgan fingerprint density at radius 1 is 1.38 bits per heavy atom. The molecular weight excluding hydrogens is 307 g/mol. The minimum absolute atomic E-state index is 0.171. The number of carboxylic acid groups (broad SMARTS) is 1. The molecule has 2 rings (SSSR count). The number of hydrogen-bond donors (Lipinski definition) is 2. The molecule has 6 heteroatoms. The summed E-state index contributed by atoms with van der Waals surface area (Å²) in [5.41, 5.74) is 2.13. The van der Waals surface area contributed by atoms with Gasteiger partial charge in [-0.2, -0.15) is 0 Å². The lowest BCUT2D eigenvalue weighted by Gasteiger charge is -2.31. The van der Waals surface area contributed by atoms with E-state index in [1.165, 1.54) is 0 Å². The monoisotopic (exact) mass is 330 g/mol. The van der Waals surface area contributed by atoms with Crippen LogP contribution in [0.2, 0.25) is 0 Å². The Labute approximate surface area is 143 Å². The van der Waals surface area contributed by atoms with Gasteiger partial charge in [-0.1, -0.05) is 19.6 Å². The molecule has 0 spiro atoms. The van der Waals surface area contributed by atoms with E-state index in [-0.39, 0.29) is 18.2 Å². The van der Waals surface area contributed by atoms with Crippen LogP contribution in [0.15, 0.2) is 30.4 Å². The van der Waals surface area contributed by atoms with Gasteiger partial charge in [-0.3, -0.25) is 4.79 Å². The highest BCUT2D eigenvalue weighted by atomic mass is 16.5. The van der Waals surface area contributed by atoms with E-state index in [1.807, 2.05) is 25.1 Å². The number of carboxylic acids is 1. The quantitative estimate of drug-likeness (QED) is 0.593. The highest BCUT2D eigenvalue weighted by Gasteiger charge is 2.33. The van der Waals surface area contributed by atoms with E-state index in [0.717, 1.165) is 23.3 Å². The van der Waals surface area contributed by atoms with Crippen LogP contribution in [-0.2, 0) is 22.6 Å². The lowest BCUT2D eigenvalue weighted by atomic mass is 9.85. The third-order valence-electron chi connectivity index (χ3n) is 4.21. The van der Waals surface area contributed by atoms with Gasteiger partial charge in [-0.15, -0.1) is 0 Å². The second-order valence-electron chi connectivity index (χ2n) is 6.19. The molecule has 1 fully saturated rings. The zero-order valence-electron chi connectivity index (χ0n) is 13.9. The highest BCUT2D eigenvalue weighted by molar-refractivity contribution is 6.19. The van der Waals surface area contributed by atoms with Crippen molar-refractivity contribution < 1.29 is 24.5 Å². The molecule has 1 aliphatic rings. The van der Waals surface area contributed by atoms with Crippen LogP contribution >= 0.6 is 0 Å². The second-order valence-corrected chi connectivity index (χ2v) is 6.19. The SMILES string of the molecule is [B]C(=C)OCc1ccc(OC2CC(O)CC(C(=O)O)C2)c(CC)c1. The topological polar surface area (TPSA) is 76.0 Å². The van der Waals surface area contributed by atoms with Gasteiger partial charge in [0.15, 0.2) is 7.85 Å². The summed E-state index contributed by atoms with van der Waals surface area (Å²) in [6.45, 7) is 5.85. The van der Waals surface area contributed by atoms with E-state index >= 15 is 0 Å². The number of aliphatic hydroxyl groups is 1. The fourth-order valence-electron chi connectivity index (χ4n) is 3.01. The first kappa shape index (κ1) is 18.4. The number of aliphatic hydroxyl groups excluding tert-OH is 1. The summed E-state index contributed by atoms with van der Waals surface area (Å²) < 4.78 is 11.2. The Morgan fingerprint density at radius 2 is 2.12 bits per heavy atom. The molecule has 5 nitrogen and oxygen atoms in total. The van der Waals surface area contributed by atoms with E-state index < -0.39 is 18.0 Å². The van der Waals surface area contributed by atoms with E-state index in [0.29, 0.717) is 19.4 Å². The van der Waals surface area contributed by atoms with Crippen LogP contribution < -0.4 is 4.74 Å². The van der Waals surface area contributed by atoms with Crippen molar-refractivity contribution >= 4 is 13.8 Å². The third-order valence-corrected chi connectivity index (χ3v) is 4.21. The van der Waals surface area contributed by atoms with Crippen LogP contribution in [0.3, 0.4) is 0 Å². The summed E-state index contributed by atoms with van der Waals surface area (Å²) in [6.07, 6.45) is 0.974. The van der Waals surface area contributed by atoms with Crippen molar-refractivity contribution in [2.45, 2.75) is 51.4 Å². The first-order valence-corrected chi connectivity index (χ1v) is 8.15. The Morgan fingerprint density at radius 3 is 2.75 bits per heavy atom. The smallest absolute Gasteiger partial charge is 0.306 e. The van der Waals surface area contributed by atoms with Crippen LogP contribution in [0, 0.1) is 5.92 Å². The zero-order chi connectivity index (χ0) is 17.7. The molecular formula is C18H23BO5. The molecule has 24 heavy (non-hydrogen) atoms. The first-order valence-electron chi connectivity index (χ1n) is 8.15. The molecule has 0 saturated heterocycles. The normalized spacial score (nSPS) is 23.5. The van der Waals surface area contributed by atoms with Crippen LogP contribution in [0.1, 0.15) is 37.3 Å². The van der Waals surface area contributed by atoms with Crippen molar-refractivity contribution in [3.63, 3.8) is 0 Å². The molecule has 3 unspecified atom stereocenters. The Kier molecular flexibility index (Phi) is 6.32. The van der Waals surface area contributed by atoms with Crippen molar-refractivity contribution in [1.29, 1.82) is 0 Å². The maximum Gasteiger partial charge on any atom is 0.306 e. The minimum Gasteiger partial charge on any atom is -0.506 e. The van der Waals surface area contributed by atoms with Gasteiger partial charge in [0, 0.05) is 12.1 Å². The van der Waals surface area contributed by atoms with Gasteiger partial charge in [0.1, 0.15) is 18.5 Å². The number of hydrogen-bond acceptors (Lipinski definition) is 4. The number of ether oxygens (including phenoxy) is 2. The summed E-state index contributed by atoms with van der Waals surface area (Å²) in [7, 11) is 5.40. The maximum absolute atomic E-state index is 11.2. The van der Waals surface area contributed by atoms with Gasteiger partial charge in [0.05, 0.1) is 12.0 Å². The molecule has 2 N–H and O–H groups in total. The average Bonchev–Trinajstić information content (AvgIpc) is 2.53. The van der Waals surface area contributed by atoms with Crippen molar-refractivity contribution in [3.05, 3.63) is 41.6 Å². The number of rotatable bonds is 7. The second kappa shape index (κ2) is 8.24. The van der Waals surface area contributed by atoms with Gasteiger partial charge in [0.25, 0.3) is 0 Å². The Bertz CT molecular complexity index is 601.